The molecule has 2 aliphatic rings. The molecule has 1 spiro atoms. The number of para-hydroxylation sites is 3. The molecule has 12 rings (SSSR count). The predicted molar refractivity (Wildman–Crippen MR) is 234 cm³/mol. The van der Waals surface area contributed by atoms with Gasteiger partial charge in [-0.3, -0.25) is 0 Å². The molecule has 6 heteroatoms. The average molecular weight is 759 g/mol. The molecular formula is C53H34N4O2. The Balaban J connectivity index is 1.18. The van der Waals surface area contributed by atoms with Crippen LogP contribution >= 0.6 is 0 Å². The molecule has 8 aromatic carbocycles. The lowest BCUT2D eigenvalue weighted by Crippen LogP contribution is -2.32. The van der Waals surface area contributed by atoms with E-state index in [2.05, 4.69) is 150 Å². The first-order valence-electron chi connectivity index (χ1n) is 19.8. The van der Waals surface area contributed by atoms with Crippen molar-refractivity contribution in [2.75, 3.05) is 7.11 Å². The van der Waals surface area contributed by atoms with E-state index in [4.69, 9.17) is 24.4 Å². The fourth-order valence-electron chi connectivity index (χ4n) is 9.55. The third-order valence-electron chi connectivity index (χ3n) is 12.0. The molecule has 1 aliphatic heterocycles. The fraction of sp³-hybridized carbons (Fsp3) is 0.0377. The van der Waals surface area contributed by atoms with Crippen molar-refractivity contribution < 1.29 is 9.47 Å². The fourth-order valence-corrected chi connectivity index (χ4v) is 9.55. The quantitative estimate of drug-likeness (QED) is 0.175. The second-order valence-electron chi connectivity index (χ2n) is 15.1. The van der Waals surface area contributed by atoms with Gasteiger partial charge in [0.05, 0.1) is 23.6 Å². The molecule has 0 unspecified atom stereocenters. The maximum absolute atomic E-state index is 6.73. The molecule has 278 valence electrons. The van der Waals surface area contributed by atoms with Crippen LogP contribution in [-0.4, -0.2) is 26.6 Å². The van der Waals surface area contributed by atoms with Crippen LogP contribution in [0.4, 0.5) is 0 Å². The molecule has 59 heavy (non-hydrogen) atoms. The third kappa shape index (κ3) is 4.83. The maximum atomic E-state index is 6.73. The van der Waals surface area contributed by atoms with Gasteiger partial charge in [-0.1, -0.05) is 140 Å². The molecular weight excluding hydrogens is 725 g/mol. The highest BCUT2D eigenvalue weighted by molar-refractivity contribution is 6.10. The van der Waals surface area contributed by atoms with Crippen molar-refractivity contribution in [2.45, 2.75) is 5.41 Å². The van der Waals surface area contributed by atoms with Gasteiger partial charge in [-0.05, 0) is 70.8 Å². The van der Waals surface area contributed by atoms with Crippen LogP contribution in [-0.2, 0) is 5.41 Å². The molecule has 1 aliphatic carbocycles. The number of nitrogens with zero attached hydrogens (tertiary/aromatic N) is 4. The molecule has 6 nitrogen and oxygen atoms in total. The molecule has 0 N–H and O–H groups in total. The predicted octanol–water partition coefficient (Wildman–Crippen LogP) is 12.4. The zero-order chi connectivity index (χ0) is 39.1. The van der Waals surface area contributed by atoms with Crippen LogP contribution in [0.25, 0.3) is 72.8 Å². The first-order chi connectivity index (χ1) is 29.2. The Bertz CT molecular complexity index is 3200. The Morgan fingerprint density at radius 3 is 1.75 bits per heavy atom. The van der Waals surface area contributed by atoms with Crippen molar-refractivity contribution in [2.24, 2.45) is 0 Å². The van der Waals surface area contributed by atoms with Gasteiger partial charge in [0.15, 0.2) is 17.5 Å². The van der Waals surface area contributed by atoms with Gasteiger partial charge in [0.25, 0.3) is 0 Å². The van der Waals surface area contributed by atoms with Gasteiger partial charge in [0.1, 0.15) is 17.2 Å². The van der Waals surface area contributed by atoms with E-state index in [1.807, 2.05) is 42.5 Å². The number of ether oxygens (including phenoxy) is 2. The first-order valence-corrected chi connectivity index (χ1v) is 19.8. The summed E-state index contributed by atoms with van der Waals surface area (Å²) in [5.41, 5.74) is 12.1. The average Bonchev–Trinajstić information content (AvgIpc) is 3.79. The van der Waals surface area contributed by atoms with E-state index in [0.717, 1.165) is 83.9 Å². The Kier molecular flexibility index (Phi) is 7.26. The molecule has 0 radical (unpaired) electrons. The lowest BCUT2D eigenvalue weighted by atomic mass is 9.66. The van der Waals surface area contributed by atoms with E-state index >= 15 is 0 Å². The van der Waals surface area contributed by atoms with Crippen LogP contribution < -0.4 is 9.47 Å². The number of hydrogen-bond acceptors (Lipinski definition) is 5. The molecule has 0 fully saturated rings. The highest BCUT2D eigenvalue weighted by atomic mass is 16.5. The summed E-state index contributed by atoms with van der Waals surface area (Å²) in [7, 11) is 1.72. The van der Waals surface area contributed by atoms with E-state index in [9.17, 15) is 0 Å². The second kappa shape index (κ2) is 12.8. The van der Waals surface area contributed by atoms with Crippen LogP contribution in [0.5, 0.6) is 17.2 Å². The number of benzene rings is 8. The third-order valence-corrected chi connectivity index (χ3v) is 12.0. The van der Waals surface area contributed by atoms with Crippen molar-refractivity contribution in [1.29, 1.82) is 0 Å². The van der Waals surface area contributed by atoms with Gasteiger partial charge in [-0.15, -0.1) is 0 Å². The van der Waals surface area contributed by atoms with Crippen molar-refractivity contribution in [3.05, 3.63) is 210 Å². The number of aromatic nitrogens is 4. The SMILES string of the molecule is COc1ccc2c(c1)c1ccccc1n2-c1ccc2c(c1)C1(c3ccccc3Oc3ccccc31)c1cccc(-c3nc(-c4ccccc4)nc(-c4ccccc4)n3)c1-2. The van der Waals surface area contributed by atoms with Gasteiger partial charge in [-0.25, -0.2) is 15.0 Å². The van der Waals surface area contributed by atoms with Crippen LogP contribution in [0, 0.1) is 0 Å². The highest BCUT2D eigenvalue weighted by Crippen LogP contribution is 2.63. The molecule has 0 saturated carbocycles. The Morgan fingerprint density at radius 2 is 1.05 bits per heavy atom. The molecule has 0 saturated heterocycles. The Morgan fingerprint density at radius 1 is 0.458 bits per heavy atom. The minimum absolute atomic E-state index is 0.617. The van der Waals surface area contributed by atoms with Crippen molar-refractivity contribution in [1.82, 2.24) is 19.5 Å². The number of methoxy groups -OCH3 is 1. The maximum Gasteiger partial charge on any atom is 0.164 e. The topological polar surface area (TPSA) is 62.1 Å². The Hall–Kier alpha value is -7.83. The summed E-state index contributed by atoms with van der Waals surface area (Å²) in [4.78, 5) is 15.5. The normalized spacial score (nSPS) is 13.1. The molecule has 10 aromatic rings. The summed E-state index contributed by atoms with van der Waals surface area (Å²) in [5, 5.41) is 2.31. The first kappa shape index (κ1) is 33.3. The smallest absolute Gasteiger partial charge is 0.164 e. The molecule has 0 amide bonds. The van der Waals surface area contributed by atoms with Gasteiger partial charge >= 0.3 is 0 Å². The van der Waals surface area contributed by atoms with Crippen LogP contribution in [0.1, 0.15) is 22.3 Å². The van der Waals surface area contributed by atoms with Gasteiger partial charge < -0.3 is 14.0 Å². The monoisotopic (exact) mass is 758 g/mol. The van der Waals surface area contributed by atoms with E-state index in [-0.39, 0.29) is 0 Å². The number of fused-ring (bicyclic) bond motifs is 12. The van der Waals surface area contributed by atoms with Crippen LogP contribution in [0.2, 0.25) is 0 Å². The van der Waals surface area contributed by atoms with Gasteiger partial charge in [0, 0.05) is 44.3 Å². The van der Waals surface area contributed by atoms with E-state index in [1.54, 1.807) is 7.11 Å². The van der Waals surface area contributed by atoms with E-state index in [0.29, 0.717) is 17.5 Å². The summed E-state index contributed by atoms with van der Waals surface area (Å²) in [6.45, 7) is 0. The molecule has 0 bridgehead atoms. The van der Waals surface area contributed by atoms with Crippen LogP contribution in [0.3, 0.4) is 0 Å². The lowest BCUT2D eigenvalue weighted by Gasteiger charge is -2.39. The molecule has 3 heterocycles. The number of rotatable bonds is 5. The van der Waals surface area contributed by atoms with Gasteiger partial charge in [0.2, 0.25) is 0 Å². The number of hydrogen-bond donors (Lipinski definition) is 0. The summed E-state index contributed by atoms with van der Waals surface area (Å²) in [6.07, 6.45) is 0. The Labute approximate surface area is 340 Å². The van der Waals surface area contributed by atoms with E-state index in [1.165, 1.54) is 10.9 Å². The van der Waals surface area contributed by atoms with Crippen molar-refractivity contribution in [3.63, 3.8) is 0 Å². The van der Waals surface area contributed by atoms with Crippen molar-refractivity contribution in [3.8, 4) is 68.2 Å². The summed E-state index contributed by atoms with van der Waals surface area (Å²) in [5.74, 6) is 4.37. The minimum Gasteiger partial charge on any atom is -0.497 e. The molecule has 0 atom stereocenters. The summed E-state index contributed by atoms with van der Waals surface area (Å²) < 4.78 is 14.8. The van der Waals surface area contributed by atoms with E-state index < -0.39 is 5.41 Å². The minimum atomic E-state index is -0.721. The highest BCUT2D eigenvalue weighted by Gasteiger charge is 2.52. The van der Waals surface area contributed by atoms with Crippen molar-refractivity contribution >= 4 is 21.8 Å². The zero-order valence-corrected chi connectivity index (χ0v) is 32.0. The lowest BCUT2D eigenvalue weighted by molar-refractivity contribution is 0.415. The largest absolute Gasteiger partial charge is 0.497 e. The van der Waals surface area contributed by atoms with Gasteiger partial charge in [-0.2, -0.15) is 0 Å². The summed E-state index contributed by atoms with van der Waals surface area (Å²) >= 11 is 0. The summed E-state index contributed by atoms with van der Waals surface area (Å²) in [6, 6.07) is 65.8. The van der Waals surface area contributed by atoms with Crippen LogP contribution in [0.15, 0.2) is 188 Å². The molecule has 2 aromatic heterocycles. The standard InChI is InChI=1S/C53H34N4O2/c1-58-36-28-30-46-40(32-36)37-19-8-11-24-45(37)57(46)35-27-29-38-44(31-35)53(41-21-9-12-25-47(41)59-48-26-13-10-22-42(48)53)43-23-14-20-39(49(38)43)52-55-50(33-15-4-2-5-16-33)54-51(56-52)34-17-6-3-7-18-34/h2-32H,1H3. The zero-order valence-electron chi connectivity index (χ0n) is 32.0. The second-order valence-corrected chi connectivity index (χ2v) is 15.1.